The highest BCUT2D eigenvalue weighted by molar-refractivity contribution is 5.65. The van der Waals surface area contributed by atoms with Crippen molar-refractivity contribution in [1.29, 1.82) is 0 Å². The van der Waals surface area contributed by atoms with Crippen molar-refractivity contribution < 1.29 is 4.74 Å². The molecule has 0 amide bonds. The Hall–Kier alpha value is -2.10. The Morgan fingerprint density at radius 2 is 1.81 bits per heavy atom. The van der Waals surface area contributed by atoms with E-state index in [0.29, 0.717) is 12.5 Å². The lowest BCUT2D eigenvalue weighted by Gasteiger charge is -2.07. The Labute approximate surface area is 94.1 Å². The molecule has 1 aromatic heterocycles. The van der Waals surface area contributed by atoms with Gasteiger partial charge in [0.2, 0.25) is 5.88 Å². The first-order valence-corrected chi connectivity index (χ1v) is 5.11. The summed E-state index contributed by atoms with van der Waals surface area (Å²) in [6.07, 6.45) is 3.26. The molecular weight excluding hydrogens is 202 g/mol. The largest absolute Gasteiger partial charge is 0.476 e. The molecule has 0 saturated heterocycles. The van der Waals surface area contributed by atoms with E-state index < -0.39 is 0 Å². The Bertz CT molecular complexity index is 468. The van der Waals surface area contributed by atoms with Crippen molar-refractivity contribution in [2.45, 2.75) is 6.92 Å². The predicted molar refractivity (Wildman–Crippen MR) is 63.0 cm³/mol. The molecule has 1 aromatic carbocycles. The van der Waals surface area contributed by atoms with E-state index in [9.17, 15) is 0 Å². The van der Waals surface area contributed by atoms with Crippen molar-refractivity contribution in [1.82, 2.24) is 9.97 Å². The van der Waals surface area contributed by atoms with E-state index in [2.05, 4.69) is 9.97 Å². The number of rotatable bonds is 3. The van der Waals surface area contributed by atoms with Crippen molar-refractivity contribution in [2.24, 2.45) is 0 Å². The molecular formula is C12H13N3O. The topological polar surface area (TPSA) is 61.0 Å². The number of hydrogen-bond acceptors (Lipinski definition) is 4. The van der Waals surface area contributed by atoms with Crippen LogP contribution in [0.3, 0.4) is 0 Å². The molecule has 0 fully saturated rings. The second kappa shape index (κ2) is 4.61. The second-order valence-corrected chi connectivity index (χ2v) is 3.27. The Morgan fingerprint density at radius 1 is 1.12 bits per heavy atom. The molecule has 4 heteroatoms. The fourth-order valence-corrected chi connectivity index (χ4v) is 1.41. The fourth-order valence-electron chi connectivity index (χ4n) is 1.41. The average molecular weight is 215 g/mol. The van der Waals surface area contributed by atoms with Crippen molar-refractivity contribution >= 4 is 5.69 Å². The van der Waals surface area contributed by atoms with E-state index in [1.54, 1.807) is 12.4 Å². The highest BCUT2D eigenvalue weighted by Gasteiger charge is 2.07. The zero-order chi connectivity index (χ0) is 11.4. The minimum absolute atomic E-state index is 0.551. The molecule has 0 aliphatic heterocycles. The zero-order valence-electron chi connectivity index (χ0n) is 9.05. The fraction of sp³-hybridized carbons (Fsp3) is 0.167. The number of nitrogen functional groups attached to an aromatic ring is 1. The molecule has 0 spiro atoms. The highest BCUT2D eigenvalue weighted by atomic mass is 16.5. The molecule has 2 aromatic rings. The van der Waals surface area contributed by atoms with E-state index in [-0.39, 0.29) is 0 Å². The number of nitrogens with zero attached hydrogens (tertiary/aromatic N) is 2. The standard InChI is InChI=1S/C12H13N3O/c1-2-16-12-11(14-7-8-15-12)9-3-5-10(13)6-4-9/h3-8H,2,13H2,1H3. The molecule has 0 aliphatic carbocycles. The third-order valence-corrected chi connectivity index (χ3v) is 2.13. The average Bonchev–Trinajstić information content (AvgIpc) is 2.32. The molecule has 4 nitrogen and oxygen atoms in total. The lowest BCUT2D eigenvalue weighted by Crippen LogP contribution is -1.98. The molecule has 2 N–H and O–H groups in total. The molecule has 82 valence electrons. The number of ether oxygens (including phenoxy) is 1. The summed E-state index contributed by atoms with van der Waals surface area (Å²) in [5.74, 6) is 0.551. The molecule has 0 saturated carbocycles. The van der Waals surface area contributed by atoms with Crippen LogP contribution in [0.25, 0.3) is 11.3 Å². The first-order valence-electron chi connectivity index (χ1n) is 5.11. The molecule has 0 aliphatic rings. The molecule has 0 radical (unpaired) electrons. The number of aromatic nitrogens is 2. The van der Waals surface area contributed by atoms with Gasteiger partial charge in [0, 0.05) is 23.6 Å². The van der Waals surface area contributed by atoms with Crippen LogP contribution in [0.4, 0.5) is 5.69 Å². The van der Waals surface area contributed by atoms with Crippen LogP contribution in [0.15, 0.2) is 36.7 Å². The van der Waals surface area contributed by atoms with Gasteiger partial charge in [0.25, 0.3) is 0 Å². The Kier molecular flexibility index (Phi) is 3.00. The molecule has 0 unspecified atom stereocenters. The third-order valence-electron chi connectivity index (χ3n) is 2.13. The first kappa shape index (κ1) is 10.4. The number of anilines is 1. The summed E-state index contributed by atoms with van der Waals surface area (Å²) in [7, 11) is 0. The maximum atomic E-state index is 5.63. The lowest BCUT2D eigenvalue weighted by atomic mass is 10.1. The van der Waals surface area contributed by atoms with Crippen molar-refractivity contribution in [3.05, 3.63) is 36.7 Å². The van der Waals surface area contributed by atoms with E-state index in [1.807, 2.05) is 31.2 Å². The second-order valence-electron chi connectivity index (χ2n) is 3.27. The van der Waals surface area contributed by atoms with Gasteiger partial charge in [-0.05, 0) is 19.1 Å². The Morgan fingerprint density at radius 3 is 2.50 bits per heavy atom. The molecule has 16 heavy (non-hydrogen) atoms. The van der Waals surface area contributed by atoms with Crippen LogP contribution < -0.4 is 10.5 Å². The van der Waals surface area contributed by atoms with Gasteiger partial charge in [0.15, 0.2) is 0 Å². The van der Waals surface area contributed by atoms with Crippen molar-refractivity contribution in [3.8, 4) is 17.1 Å². The summed E-state index contributed by atoms with van der Waals surface area (Å²) in [4.78, 5) is 8.42. The SMILES string of the molecule is CCOc1nccnc1-c1ccc(N)cc1. The van der Waals surface area contributed by atoms with E-state index in [4.69, 9.17) is 10.5 Å². The van der Waals surface area contributed by atoms with Gasteiger partial charge in [0.05, 0.1) is 6.61 Å². The summed E-state index contributed by atoms with van der Waals surface area (Å²) in [5.41, 5.74) is 8.05. The Balaban J connectivity index is 2.42. The van der Waals surface area contributed by atoms with Gasteiger partial charge in [-0.25, -0.2) is 9.97 Å². The van der Waals surface area contributed by atoms with Gasteiger partial charge < -0.3 is 10.5 Å². The molecule has 1 heterocycles. The van der Waals surface area contributed by atoms with Crippen LogP contribution in [-0.4, -0.2) is 16.6 Å². The number of hydrogen-bond donors (Lipinski definition) is 1. The minimum Gasteiger partial charge on any atom is -0.476 e. The first-order chi connectivity index (χ1) is 7.81. The quantitative estimate of drug-likeness (QED) is 0.797. The summed E-state index contributed by atoms with van der Waals surface area (Å²) < 4.78 is 5.42. The number of nitrogens with two attached hydrogens (primary N) is 1. The summed E-state index contributed by atoms with van der Waals surface area (Å²) in [6, 6.07) is 7.48. The van der Waals surface area contributed by atoms with E-state index in [1.165, 1.54) is 0 Å². The maximum Gasteiger partial charge on any atom is 0.240 e. The summed E-state index contributed by atoms with van der Waals surface area (Å²) in [5, 5.41) is 0. The van der Waals surface area contributed by atoms with Crippen molar-refractivity contribution in [2.75, 3.05) is 12.3 Å². The monoisotopic (exact) mass is 215 g/mol. The minimum atomic E-state index is 0.551. The molecule has 2 rings (SSSR count). The van der Waals surface area contributed by atoms with Crippen LogP contribution in [0.5, 0.6) is 5.88 Å². The van der Waals surface area contributed by atoms with Gasteiger partial charge in [0.1, 0.15) is 5.69 Å². The summed E-state index contributed by atoms with van der Waals surface area (Å²) in [6.45, 7) is 2.49. The van der Waals surface area contributed by atoms with Gasteiger partial charge >= 0.3 is 0 Å². The normalized spacial score (nSPS) is 10.1. The van der Waals surface area contributed by atoms with Crippen molar-refractivity contribution in [3.63, 3.8) is 0 Å². The third kappa shape index (κ3) is 2.11. The highest BCUT2D eigenvalue weighted by Crippen LogP contribution is 2.25. The van der Waals surface area contributed by atoms with Crippen LogP contribution in [-0.2, 0) is 0 Å². The van der Waals surface area contributed by atoms with Crippen LogP contribution in [0.2, 0.25) is 0 Å². The van der Waals surface area contributed by atoms with Crippen LogP contribution in [0.1, 0.15) is 6.92 Å². The van der Waals surface area contributed by atoms with Gasteiger partial charge in [-0.1, -0.05) is 12.1 Å². The van der Waals surface area contributed by atoms with E-state index in [0.717, 1.165) is 16.9 Å². The van der Waals surface area contributed by atoms with Gasteiger partial charge in [-0.15, -0.1) is 0 Å². The molecule has 0 atom stereocenters. The van der Waals surface area contributed by atoms with Gasteiger partial charge in [-0.3, -0.25) is 0 Å². The smallest absolute Gasteiger partial charge is 0.240 e. The van der Waals surface area contributed by atoms with Gasteiger partial charge in [-0.2, -0.15) is 0 Å². The van der Waals surface area contributed by atoms with Crippen LogP contribution >= 0.6 is 0 Å². The summed E-state index contributed by atoms with van der Waals surface area (Å²) >= 11 is 0. The van der Waals surface area contributed by atoms with Crippen LogP contribution in [0, 0.1) is 0 Å². The number of benzene rings is 1. The van der Waals surface area contributed by atoms with E-state index >= 15 is 0 Å². The lowest BCUT2D eigenvalue weighted by molar-refractivity contribution is 0.327. The maximum absolute atomic E-state index is 5.63. The molecule has 0 bridgehead atoms. The zero-order valence-corrected chi connectivity index (χ0v) is 9.05. The predicted octanol–water partition coefficient (Wildman–Crippen LogP) is 2.12.